The number of aromatic hydroxyl groups is 1. The molecule has 6 heteroatoms. The van der Waals surface area contributed by atoms with Gasteiger partial charge in [0, 0.05) is 23.1 Å². The van der Waals surface area contributed by atoms with Crippen LogP contribution in [0.25, 0.3) is 11.0 Å². The molecule has 1 aromatic carbocycles. The Balaban J connectivity index is 1.95. The van der Waals surface area contributed by atoms with Crippen LogP contribution in [0.2, 0.25) is 0 Å². The second-order valence-electron chi connectivity index (χ2n) is 5.39. The lowest BCUT2D eigenvalue weighted by Gasteiger charge is -2.09. The highest BCUT2D eigenvalue weighted by molar-refractivity contribution is 5.90. The van der Waals surface area contributed by atoms with E-state index in [1.54, 1.807) is 13.0 Å². The van der Waals surface area contributed by atoms with Crippen LogP contribution in [0.5, 0.6) is 5.75 Å². The van der Waals surface area contributed by atoms with Crippen LogP contribution < -0.4 is 5.63 Å². The Morgan fingerprint density at radius 1 is 1.25 bits per heavy atom. The van der Waals surface area contributed by atoms with Crippen molar-refractivity contribution in [3.05, 3.63) is 63.4 Å². The topological polar surface area (TPSA) is 89.9 Å². The Labute approximate surface area is 137 Å². The van der Waals surface area contributed by atoms with E-state index < -0.39 is 11.6 Å². The summed E-state index contributed by atoms with van der Waals surface area (Å²) < 4.78 is 15.5. The number of esters is 1. The number of aryl methyl sites for hydroxylation is 2. The molecule has 0 amide bonds. The maximum absolute atomic E-state index is 12.1. The summed E-state index contributed by atoms with van der Waals surface area (Å²) in [5, 5.41) is 10.5. The molecule has 6 nitrogen and oxygen atoms in total. The second-order valence-corrected chi connectivity index (χ2v) is 5.39. The van der Waals surface area contributed by atoms with Gasteiger partial charge in [-0.15, -0.1) is 0 Å². The molecular formula is C18H16O6. The van der Waals surface area contributed by atoms with E-state index in [1.807, 2.05) is 6.92 Å². The van der Waals surface area contributed by atoms with Gasteiger partial charge in [-0.25, -0.2) is 9.59 Å². The first-order valence-corrected chi connectivity index (χ1v) is 7.49. The molecule has 0 fully saturated rings. The number of carbonyl (C=O) groups excluding carboxylic acids is 1. The molecule has 2 aromatic heterocycles. The lowest BCUT2D eigenvalue weighted by molar-refractivity contribution is 0.0472. The summed E-state index contributed by atoms with van der Waals surface area (Å²) in [4.78, 5) is 23.8. The van der Waals surface area contributed by atoms with E-state index in [-0.39, 0.29) is 17.9 Å². The van der Waals surface area contributed by atoms with Gasteiger partial charge in [0.2, 0.25) is 0 Å². The molecule has 0 bridgehead atoms. The quantitative estimate of drug-likeness (QED) is 0.583. The Kier molecular flexibility index (Phi) is 4.12. The summed E-state index contributed by atoms with van der Waals surface area (Å²) in [7, 11) is 0. The van der Waals surface area contributed by atoms with Crippen molar-refractivity contribution in [1.29, 1.82) is 0 Å². The zero-order valence-corrected chi connectivity index (χ0v) is 13.3. The summed E-state index contributed by atoms with van der Waals surface area (Å²) in [6.45, 7) is 3.49. The zero-order valence-electron chi connectivity index (χ0n) is 13.3. The normalized spacial score (nSPS) is 10.9. The van der Waals surface area contributed by atoms with Gasteiger partial charge >= 0.3 is 11.6 Å². The summed E-state index contributed by atoms with van der Waals surface area (Å²) in [6.07, 6.45) is 2.03. The highest BCUT2D eigenvalue weighted by Gasteiger charge is 2.15. The van der Waals surface area contributed by atoms with E-state index in [2.05, 4.69) is 0 Å². The number of phenolic OH excluding ortho intramolecular Hbond substituents is 1. The number of furan rings is 1. The first kappa shape index (κ1) is 15.9. The van der Waals surface area contributed by atoms with E-state index in [0.717, 1.165) is 5.56 Å². The van der Waals surface area contributed by atoms with E-state index in [9.17, 15) is 14.7 Å². The van der Waals surface area contributed by atoms with Crippen molar-refractivity contribution in [3.8, 4) is 5.75 Å². The highest BCUT2D eigenvalue weighted by atomic mass is 16.5. The van der Waals surface area contributed by atoms with Crippen LogP contribution >= 0.6 is 0 Å². The first-order chi connectivity index (χ1) is 11.5. The Bertz CT molecular complexity index is 963. The Morgan fingerprint density at radius 3 is 2.71 bits per heavy atom. The first-order valence-electron chi connectivity index (χ1n) is 7.49. The lowest BCUT2D eigenvalue weighted by Crippen LogP contribution is -2.08. The number of carbonyl (C=O) groups is 1. The summed E-state index contributed by atoms with van der Waals surface area (Å²) in [5.41, 5.74) is 1.26. The second kappa shape index (κ2) is 6.23. The molecule has 124 valence electrons. The minimum absolute atomic E-state index is 0.0660. The number of benzene rings is 1. The monoisotopic (exact) mass is 328 g/mol. The summed E-state index contributed by atoms with van der Waals surface area (Å²) >= 11 is 0. The zero-order chi connectivity index (χ0) is 17.3. The van der Waals surface area contributed by atoms with Crippen molar-refractivity contribution in [2.75, 3.05) is 0 Å². The standard InChI is InChI=1S/C18H16O6/c1-3-11-6-14-12(7-17(20)24-16(14)8-15(11)19)9-23-18(21)13-4-5-22-10(13)2/h4-8,19H,3,9H2,1-2H3. The van der Waals surface area contributed by atoms with E-state index >= 15 is 0 Å². The third-order valence-corrected chi connectivity index (χ3v) is 3.85. The fourth-order valence-corrected chi connectivity index (χ4v) is 2.53. The van der Waals surface area contributed by atoms with Crippen LogP contribution in [0, 0.1) is 6.92 Å². The SMILES string of the molecule is CCc1cc2c(COC(=O)c3ccoc3C)cc(=O)oc2cc1O. The molecule has 24 heavy (non-hydrogen) atoms. The number of fused-ring (bicyclic) bond motifs is 1. The van der Waals surface area contributed by atoms with Gasteiger partial charge in [-0.1, -0.05) is 6.92 Å². The van der Waals surface area contributed by atoms with Gasteiger partial charge in [-0.2, -0.15) is 0 Å². The Morgan fingerprint density at radius 2 is 2.04 bits per heavy atom. The highest BCUT2D eigenvalue weighted by Crippen LogP contribution is 2.27. The molecule has 0 aliphatic heterocycles. The molecule has 0 saturated heterocycles. The van der Waals surface area contributed by atoms with Crippen molar-refractivity contribution in [1.82, 2.24) is 0 Å². The van der Waals surface area contributed by atoms with Crippen LogP contribution in [0.15, 0.2) is 44.2 Å². The van der Waals surface area contributed by atoms with Crippen molar-refractivity contribution in [2.45, 2.75) is 26.9 Å². The molecule has 2 heterocycles. The number of phenols is 1. The van der Waals surface area contributed by atoms with Gasteiger partial charge < -0.3 is 18.7 Å². The van der Waals surface area contributed by atoms with Gasteiger partial charge in [0.15, 0.2) is 0 Å². The number of rotatable bonds is 4. The molecule has 0 unspecified atom stereocenters. The predicted molar refractivity (Wildman–Crippen MR) is 86.1 cm³/mol. The average molecular weight is 328 g/mol. The van der Waals surface area contributed by atoms with Gasteiger partial charge in [-0.05, 0) is 31.0 Å². The van der Waals surface area contributed by atoms with Crippen molar-refractivity contribution < 1.29 is 23.5 Å². The number of hydrogen-bond donors (Lipinski definition) is 1. The molecule has 0 atom stereocenters. The summed E-state index contributed by atoms with van der Waals surface area (Å²) in [5.74, 6) is 0.00377. The van der Waals surface area contributed by atoms with Crippen LogP contribution in [-0.2, 0) is 17.8 Å². The molecule has 3 rings (SSSR count). The third kappa shape index (κ3) is 2.90. The molecule has 3 aromatic rings. The molecule has 0 saturated carbocycles. The lowest BCUT2D eigenvalue weighted by atomic mass is 10.0. The Hall–Kier alpha value is -3.02. The predicted octanol–water partition coefficient (Wildman–Crippen LogP) is 3.32. The van der Waals surface area contributed by atoms with Gasteiger partial charge in [0.1, 0.15) is 29.3 Å². The average Bonchev–Trinajstić information content (AvgIpc) is 2.97. The van der Waals surface area contributed by atoms with Crippen LogP contribution in [0.4, 0.5) is 0 Å². The number of hydrogen-bond acceptors (Lipinski definition) is 6. The molecule has 0 spiro atoms. The number of ether oxygens (including phenoxy) is 1. The van der Waals surface area contributed by atoms with Crippen molar-refractivity contribution in [2.24, 2.45) is 0 Å². The molecule has 1 N–H and O–H groups in total. The van der Waals surface area contributed by atoms with Crippen molar-refractivity contribution in [3.63, 3.8) is 0 Å². The molecule has 0 aliphatic rings. The third-order valence-electron chi connectivity index (χ3n) is 3.85. The largest absolute Gasteiger partial charge is 0.508 e. The maximum atomic E-state index is 12.1. The molecular weight excluding hydrogens is 312 g/mol. The van der Waals surface area contributed by atoms with E-state index in [4.69, 9.17) is 13.6 Å². The van der Waals surface area contributed by atoms with Gasteiger partial charge in [0.25, 0.3) is 0 Å². The fraction of sp³-hybridized carbons (Fsp3) is 0.222. The van der Waals surface area contributed by atoms with Gasteiger partial charge in [0.05, 0.1) is 6.26 Å². The van der Waals surface area contributed by atoms with Gasteiger partial charge in [-0.3, -0.25) is 0 Å². The fourth-order valence-electron chi connectivity index (χ4n) is 2.53. The van der Waals surface area contributed by atoms with Crippen LogP contribution in [0.3, 0.4) is 0 Å². The van der Waals surface area contributed by atoms with E-state index in [1.165, 1.54) is 24.5 Å². The molecule has 0 aliphatic carbocycles. The van der Waals surface area contributed by atoms with Crippen LogP contribution in [0.1, 0.15) is 34.2 Å². The van der Waals surface area contributed by atoms with Crippen LogP contribution in [-0.4, -0.2) is 11.1 Å². The molecule has 0 radical (unpaired) electrons. The summed E-state index contributed by atoms with van der Waals surface area (Å²) in [6, 6.07) is 5.96. The van der Waals surface area contributed by atoms with E-state index in [0.29, 0.717) is 28.7 Å². The minimum Gasteiger partial charge on any atom is -0.508 e. The minimum atomic E-state index is -0.573. The maximum Gasteiger partial charge on any atom is 0.342 e. The van der Waals surface area contributed by atoms with Crippen molar-refractivity contribution >= 4 is 16.9 Å². The smallest absolute Gasteiger partial charge is 0.342 e.